The molecule has 1 aromatic rings. The van der Waals surface area contributed by atoms with Crippen LogP contribution in [0.5, 0.6) is 0 Å². The summed E-state index contributed by atoms with van der Waals surface area (Å²) in [6.07, 6.45) is 7.20. The summed E-state index contributed by atoms with van der Waals surface area (Å²) in [6.45, 7) is 1.86. The van der Waals surface area contributed by atoms with Crippen molar-refractivity contribution in [2.45, 2.75) is 32.1 Å². The Labute approximate surface area is 125 Å². The van der Waals surface area contributed by atoms with Crippen molar-refractivity contribution in [3.8, 4) is 0 Å². The zero-order valence-corrected chi connectivity index (χ0v) is 12.6. The number of fused-ring (bicyclic) bond motifs is 2. The summed E-state index contributed by atoms with van der Waals surface area (Å²) in [5.41, 5.74) is 0.365. The second kappa shape index (κ2) is 6.22. The van der Waals surface area contributed by atoms with Crippen LogP contribution in [0.3, 0.4) is 0 Å². The minimum absolute atomic E-state index is 0.00482. The van der Waals surface area contributed by atoms with Crippen molar-refractivity contribution in [1.82, 2.24) is 9.88 Å². The molecule has 3 atom stereocenters. The first kappa shape index (κ1) is 14.6. The number of aromatic nitrogens is 1. The second-order valence-corrected chi connectivity index (χ2v) is 6.73. The smallest absolute Gasteiger partial charge is 0.182 e. The number of pyridine rings is 1. The molecule has 3 nitrogen and oxygen atoms in total. The van der Waals surface area contributed by atoms with Gasteiger partial charge in [0, 0.05) is 19.5 Å². The fourth-order valence-corrected chi connectivity index (χ4v) is 4.05. The fourth-order valence-electron chi connectivity index (χ4n) is 4.05. The van der Waals surface area contributed by atoms with Crippen LogP contribution >= 0.6 is 0 Å². The Kier molecular flexibility index (Phi) is 4.34. The Balaban J connectivity index is 1.44. The molecule has 21 heavy (non-hydrogen) atoms. The standard InChI is InChI=1S/C17H23FN2O/c1-20(11-14-9-12-2-3-13(14)8-12)7-6-17(21)16-5-4-15(18)10-19-16/h4-5,10,12-14H,2-3,6-9,11H2,1H3. The number of carbonyl (C=O) groups is 1. The topological polar surface area (TPSA) is 33.2 Å². The number of ketones is 1. The van der Waals surface area contributed by atoms with E-state index in [1.54, 1.807) is 0 Å². The van der Waals surface area contributed by atoms with Gasteiger partial charge in [-0.3, -0.25) is 9.78 Å². The van der Waals surface area contributed by atoms with E-state index in [1.165, 1.54) is 37.8 Å². The van der Waals surface area contributed by atoms with E-state index in [-0.39, 0.29) is 5.78 Å². The van der Waals surface area contributed by atoms with Gasteiger partial charge < -0.3 is 4.90 Å². The van der Waals surface area contributed by atoms with Gasteiger partial charge in [0.25, 0.3) is 0 Å². The van der Waals surface area contributed by atoms with E-state index < -0.39 is 5.82 Å². The summed E-state index contributed by atoms with van der Waals surface area (Å²) >= 11 is 0. The second-order valence-electron chi connectivity index (χ2n) is 6.73. The van der Waals surface area contributed by atoms with E-state index in [4.69, 9.17) is 0 Å². The normalized spacial score (nSPS) is 27.5. The molecule has 1 aromatic heterocycles. The Bertz CT molecular complexity index is 502. The Morgan fingerprint density at radius 2 is 2.24 bits per heavy atom. The van der Waals surface area contributed by atoms with Crippen LogP contribution in [0.4, 0.5) is 4.39 Å². The monoisotopic (exact) mass is 290 g/mol. The van der Waals surface area contributed by atoms with Crippen LogP contribution in [0.1, 0.15) is 42.6 Å². The largest absolute Gasteiger partial charge is 0.306 e. The van der Waals surface area contributed by atoms with Crippen LogP contribution in [0, 0.1) is 23.6 Å². The molecule has 114 valence electrons. The molecule has 2 saturated carbocycles. The third-order valence-corrected chi connectivity index (χ3v) is 5.16. The van der Waals surface area contributed by atoms with Crippen LogP contribution in [0.2, 0.25) is 0 Å². The van der Waals surface area contributed by atoms with E-state index in [1.807, 2.05) is 0 Å². The quantitative estimate of drug-likeness (QED) is 0.755. The number of rotatable bonds is 6. The van der Waals surface area contributed by atoms with E-state index in [2.05, 4.69) is 16.9 Å². The molecule has 0 aromatic carbocycles. The molecule has 2 fully saturated rings. The molecule has 0 amide bonds. The molecule has 4 heteroatoms. The molecular formula is C17H23FN2O. The van der Waals surface area contributed by atoms with Gasteiger partial charge in [-0.2, -0.15) is 0 Å². The summed E-state index contributed by atoms with van der Waals surface area (Å²) in [6, 6.07) is 2.76. The summed E-state index contributed by atoms with van der Waals surface area (Å²) < 4.78 is 12.8. The lowest BCUT2D eigenvalue weighted by Crippen LogP contribution is -2.30. The van der Waals surface area contributed by atoms with Crippen LogP contribution in [-0.2, 0) is 0 Å². The Morgan fingerprint density at radius 1 is 1.38 bits per heavy atom. The predicted octanol–water partition coefficient (Wildman–Crippen LogP) is 3.16. The van der Waals surface area contributed by atoms with Crippen LogP contribution in [0.15, 0.2) is 18.3 Å². The number of hydrogen-bond acceptors (Lipinski definition) is 3. The van der Waals surface area contributed by atoms with Crippen molar-refractivity contribution in [3.05, 3.63) is 29.8 Å². The third-order valence-electron chi connectivity index (χ3n) is 5.16. The Hall–Kier alpha value is -1.29. The van der Waals surface area contributed by atoms with E-state index in [0.29, 0.717) is 12.1 Å². The molecule has 2 bridgehead atoms. The van der Waals surface area contributed by atoms with Gasteiger partial charge in [0.15, 0.2) is 5.78 Å². The van der Waals surface area contributed by atoms with E-state index in [0.717, 1.165) is 37.0 Å². The highest BCUT2D eigenvalue weighted by atomic mass is 19.1. The maximum Gasteiger partial charge on any atom is 0.182 e. The molecule has 0 spiro atoms. The highest BCUT2D eigenvalue weighted by Gasteiger charge is 2.39. The molecule has 0 saturated heterocycles. The highest BCUT2D eigenvalue weighted by molar-refractivity contribution is 5.94. The van der Waals surface area contributed by atoms with Crippen molar-refractivity contribution in [2.75, 3.05) is 20.1 Å². The number of halogens is 1. The molecule has 0 N–H and O–H groups in total. The summed E-state index contributed by atoms with van der Waals surface area (Å²) in [4.78, 5) is 18.1. The maximum absolute atomic E-state index is 12.8. The summed E-state index contributed by atoms with van der Waals surface area (Å²) in [7, 11) is 2.09. The first-order valence-electron chi connectivity index (χ1n) is 7.95. The fraction of sp³-hybridized carbons (Fsp3) is 0.647. The van der Waals surface area contributed by atoms with Crippen LogP contribution in [-0.4, -0.2) is 35.8 Å². The zero-order valence-electron chi connectivity index (χ0n) is 12.6. The number of carbonyl (C=O) groups excluding carboxylic acids is 1. The third kappa shape index (κ3) is 3.49. The lowest BCUT2D eigenvalue weighted by Gasteiger charge is -2.27. The van der Waals surface area contributed by atoms with Gasteiger partial charge in [0.2, 0.25) is 0 Å². The van der Waals surface area contributed by atoms with Crippen molar-refractivity contribution >= 4 is 5.78 Å². The number of nitrogens with zero attached hydrogens (tertiary/aromatic N) is 2. The molecule has 3 unspecified atom stereocenters. The van der Waals surface area contributed by atoms with Crippen molar-refractivity contribution in [1.29, 1.82) is 0 Å². The van der Waals surface area contributed by atoms with Crippen LogP contribution < -0.4 is 0 Å². The number of Topliss-reactive ketones (excluding diaryl/α,β-unsaturated/α-hetero) is 1. The first-order chi connectivity index (χ1) is 10.1. The molecule has 2 aliphatic carbocycles. The van der Waals surface area contributed by atoms with Gasteiger partial charge >= 0.3 is 0 Å². The molecule has 0 aliphatic heterocycles. The van der Waals surface area contributed by atoms with Crippen molar-refractivity contribution in [2.24, 2.45) is 17.8 Å². The molecule has 1 heterocycles. The molecule has 3 rings (SSSR count). The first-order valence-corrected chi connectivity index (χ1v) is 7.95. The van der Waals surface area contributed by atoms with E-state index >= 15 is 0 Å². The van der Waals surface area contributed by atoms with Gasteiger partial charge in [-0.1, -0.05) is 6.42 Å². The lowest BCUT2D eigenvalue weighted by molar-refractivity contribution is 0.0958. The van der Waals surface area contributed by atoms with Gasteiger partial charge in [-0.05, 0) is 56.2 Å². The SMILES string of the molecule is CN(CCC(=O)c1ccc(F)cn1)CC1CC2CCC1C2. The predicted molar refractivity (Wildman–Crippen MR) is 79.6 cm³/mol. The van der Waals surface area contributed by atoms with Gasteiger partial charge in [0.1, 0.15) is 11.5 Å². The summed E-state index contributed by atoms with van der Waals surface area (Å²) in [5, 5.41) is 0. The lowest BCUT2D eigenvalue weighted by atomic mass is 9.88. The van der Waals surface area contributed by atoms with Crippen LogP contribution in [0.25, 0.3) is 0 Å². The van der Waals surface area contributed by atoms with Gasteiger partial charge in [-0.25, -0.2) is 4.39 Å². The maximum atomic E-state index is 12.8. The number of hydrogen-bond donors (Lipinski definition) is 0. The Morgan fingerprint density at radius 3 is 2.86 bits per heavy atom. The average Bonchev–Trinajstić information content (AvgIpc) is 3.08. The molecular weight excluding hydrogens is 267 g/mol. The van der Waals surface area contributed by atoms with E-state index in [9.17, 15) is 9.18 Å². The summed E-state index contributed by atoms with van der Waals surface area (Å²) in [5.74, 6) is 2.31. The minimum Gasteiger partial charge on any atom is -0.306 e. The van der Waals surface area contributed by atoms with Crippen molar-refractivity contribution in [3.63, 3.8) is 0 Å². The average molecular weight is 290 g/mol. The minimum atomic E-state index is -0.403. The molecule has 0 radical (unpaired) electrons. The highest BCUT2D eigenvalue weighted by Crippen LogP contribution is 2.48. The molecule has 2 aliphatic rings. The zero-order chi connectivity index (χ0) is 14.8. The van der Waals surface area contributed by atoms with Gasteiger partial charge in [-0.15, -0.1) is 0 Å². The van der Waals surface area contributed by atoms with Crippen molar-refractivity contribution < 1.29 is 9.18 Å². The van der Waals surface area contributed by atoms with Gasteiger partial charge in [0.05, 0.1) is 6.20 Å².